The molecule has 0 spiro atoms. The predicted octanol–water partition coefficient (Wildman–Crippen LogP) is 1.65. The summed E-state index contributed by atoms with van der Waals surface area (Å²) in [6.45, 7) is 8.60. The van der Waals surface area contributed by atoms with E-state index in [0.717, 1.165) is 0 Å². The minimum absolute atomic E-state index is 0.0436. The lowest BCUT2D eigenvalue weighted by Crippen LogP contribution is -2.49. The maximum Gasteiger partial charge on any atom is 0.302 e. The molecule has 0 heterocycles. The molecule has 0 N–H and O–H groups in total. The summed E-state index contributed by atoms with van der Waals surface area (Å²) < 4.78 is 5.36. The molecule has 3 atom stereocenters. The molecular weight excluding hydrogens is 272 g/mol. The molecule has 0 saturated carbocycles. The normalized spacial score (nSPS) is 15.5. The van der Waals surface area contributed by atoms with Gasteiger partial charge in [-0.2, -0.15) is 0 Å². The highest BCUT2D eigenvalue weighted by Crippen LogP contribution is 2.19. The minimum atomic E-state index is -0.527. The predicted molar refractivity (Wildman–Crippen MR) is 82.1 cm³/mol. The van der Waals surface area contributed by atoms with Gasteiger partial charge in [-0.15, -0.1) is 0 Å². The lowest BCUT2D eigenvalue weighted by atomic mass is 9.92. The van der Waals surface area contributed by atoms with Crippen LogP contribution in [0, 0.1) is 5.92 Å². The van der Waals surface area contributed by atoms with E-state index >= 15 is 0 Å². The van der Waals surface area contributed by atoms with Gasteiger partial charge in [-0.05, 0) is 27.4 Å². The highest BCUT2D eigenvalue weighted by Gasteiger charge is 2.34. The van der Waals surface area contributed by atoms with Crippen LogP contribution in [0.15, 0.2) is 17.8 Å². The zero-order valence-electron chi connectivity index (χ0n) is 13.5. The van der Waals surface area contributed by atoms with E-state index in [4.69, 9.17) is 9.57 Å². The number of ketones is 1. The number of hydrogen-bond acceptors (Lipinski definition) is 6. The van der Waals surface area contributed by atoms with Crippen molar-refractivity contribution >= 4 is 18.0 Å². The van der Waals surface area contributed by atoms with Crippen molar-refractivity contribution in [3.05, 3.63) is 12.7 Å². The van der Waals surface area contributed by atoms with Crippen LogP contribution in [0.1, 0.15) is 27.2 Å². The first-order chi connectivity index (χ1) is 9.81. The molecule has 0 amide bonds. The number of carbonyl (C=O) groups is 2. The van der Waals surface area contributed by atoms with Crippen LogP contribution in [-0.2, 0) is 19.2 Å². The Bertz CT molecular complexity index is 380. The lowest BCUT2D eigenvalue weighted by Gasteiger charge is -2.33. The molecule has 0 aliphatic heterocycles. The van der Waals surface area contributed by atoms with Crippen LogP contribution in [0.25, 0.3) is 0 Å². The molecule has 0 fully saturated rings. The van der Waals surface area contributed by atoms with E-state index in [9.17, 15) is 9.59 Å². The largest absolute Gasteiger partial charge is 0.460 e. The minimum Gasteiger partial charge on any atom is -0.460 e. The number of Topliss-reactive ketones (excluding diaryl/α,β-unsaturated/α-hetero) is 1. The summed E-state index contributed by atoms with van der Waals surface area (Å²) in [6.07, 6.45) is 3.21. The third-order valence-electron chi connectivity index (χ3n) is 2.97. The third-order valence-corrected chi connectivity index (χ3v) is 2.97. The molecule has 0 aromatic rings. The molecule has 0 saturated heterocycles. The fourth-order valence-corrected chi connectivity index (χ4v) is 2.06. The van der Waals surface area contributed by atoms with Crippen molar-refractivity contribution in [3.8, 4) is 0 Å². The second kappa shape index (κ2) is 10.1. The molecule has 0 rings (SSSR count). The molecule has 0 aromatic heterocycles. The third kappa shape index (κ3) is 7.60. The summed E-state index contributed by atoms with van der Waals surface area (Å²) in [5.41, 5.74) is 0. The van der Waals surface area contributed by atoms with E-state index < -0.39 is 18.1 Å². The number of oxime groups is 1. The van der Waals surface area contributed by atoms with Crippen LogP contribution in [0.2, 0.25) is 0 Å². The zero-order chi connectivity index (χ0) is 16.4. The Hall–Kier alpha value is -1.69. The Labute approximate surface area is 126 Å². The molecule has 6 nitrogen and oxygen atoms in total. The highest BCUT2D eigenvalue weighted by molar-refractivity contribution is 5.82. The van der Waals surface area contributed by atoms with Crippen molar-refractivity contribution in [3.63, 3.8) is 0 Å². The van der Waals surface area contributed by atoms with E-state index in [-0.39, 0.29) is 11.7 Å². The van der Waals surface area contributed by atoms with E-state index in [1.54, 1.807) is 31.3 Å². The van der Waals surface area contributed by atoms with Gasteiger partial charge in [0.05, 0.1) is 0 Å². The van der Waals surface area contributed by atoms with E-state index in [2.05, 4.69) is 11.7 Å². The molecule has 1 unspecified atom stereocenters. The fraction of sp³-hybridized carbons (Fsp3) is 0.667. The fourth-order valence-electron chi connectivity index (χ4n) is 2.06. The summed E-state index contributed by atoms with van der Waals surface area (Å²) in [4.78, 5) is 29.8. The summed E-state index contributed by atoms with van der Waals surface area (Å²) in [6, 6.07) is -0.480. The highest BCUT2D eigenvalue weighted by atomic mass is 16.6. The monoisotopic (exact) mass is 298 g/mol. The summed E-state index contributed by atoms with van der Waals surface area (Å²) in [7, 11) is 3.58. The molecule has 0 aliphatic rings. The summed E-state index contributed by atoms with van der Waals surface area (Å²) in [5, 5.41) is 3.78. The van der Waals surface area contributed by atoms with Gasteiger partial charge < -0.3 is 9.57 Å². The van der Waals surface area contributed by atoms with Crippen LogP contribution < -0.4 is 0 Å². The van der Waals surface area contributed by atoms with Gasteiger partial charge in [0.15, 0.2) is 5.78 Å². The van der Waals surface area contributed by atoms with Gasteiger partial charge in [-0.1, -0.05) is 24.7 Å². The molecule has 0 bridgehead atoms. The number of rotatable bonds is 10. The quantitative estimate of drug-likeness (QED) is 0.202. The topological polar surface area (TPSA) is 68.2 Å². The number of carbonyl (C=O) groups excluding carboxylic acids is 2. The first kappa shape index (κ1) is 19.3. The van der Waals surface area contributed by atoms with Crippen LogP contribution in [0.5, 0.6) is 0 Å². The number of nitrogens with zero attached hydrogens (tertiary/aromatic N) is 2. The number of hydrogen-bond donors (Lipinski definition) is 0. The second-order valence-corrected chi connectivity index (χ2v) is 5.18. The first-order valence-corrected chi connectivity index (χ1v) is 6.90. The van der Waals surface area contributed by atoms with Crippen molar-refractivity contribution < 1.29 is 19.2 Å². The molecule has 0 radical (unpaired) electrons. The van der Waals surface area contributed by atoms with Crippen LogP contribution in [-0.4, -0.2) is 55.7 Å². The molecular formula is C15H26N2O4. The Balaban J connectivity index is 4.86. The van der Waals surface area contributed by atoms with E-state index in [1.807, 2.05) is 6.92 Å². The van der Waals surface area contributed by atoms with Gasteiger partial charge in [0.25, 0.3) is 0 Å². The molecule has 21 heavy (non-hydrogen) atoms. The Morgan fingerprint density at radius 1 is 1.33 bits per heavy atom. The van der Waals surface area contributed by atoms with Gasteiger partial charge in [0.2, 0.25) is 0 Å². The Morgan fingerprint density at radius 2 is 1.95 bits per heavy atom. The average Bonchev–Trinajstić information content (AvgIpc) is 2.36. The molecule has 0 aliphatic carbocycles. The smallest absolute Gasteiger partial charge is 0.302 e. The summed E-state index contributed by atoms with van der Waals surface area (Å²) >= 11 is 0. The Morgan fingerprint density at radius 3 is 2.38 bits per heavy atom. The Kier molecular flexibility index (Phi) is 9.28. The van der Waals surface area contributed by atoms with Crippen molar-refractivity contribution in [1.82, 2.24) is 4.90 Å². The van der Waals surface area contributed by atoms with E-state index in [1.165, 1.54) is 13.8 Å². The van der Waals surface area contributed by atoms with Gasteiger partial charge in [0.1, 0.15) is 18.8 Å². The number of likely N-dealkylation sites (N-methyl/N-ethyl adjacent to an activating group) is 1. The van der Waals surface area contributed by atoms with Crippen molar-refractivity contribution in [1.29, 1.82) is 0 Å². The number of ether oxygens (including phenoxy) is 1. The second-order valence-electron chi connectivity index (χ2n) is 5.18. The van der Waals surface area contributed by atoms with Crippen molar-refractivity contribution in [2.24, 2.45) is 11.1 Å². The first-order valence-electron chi connectivity index (χ1n) is 6.90. The van der Waals surface area contributed by atoms with Gasteiger partial charge in [-0.3, -0.25) is 14.5 Å². The van der Waals surface area contributed by atoms with Crippen molar-refractivity contribution in [2.45, 2.75) is 39.3 Å². The van der Waals surface area contributed by atoms with Crippen LogP contribution >= 0.6 is 0 Å². The zero-order valence-corrected chi connectivity index (χ0v) is 13.5. The summed E-state index contributed by atoms with van der Waals surface area (Å²) in [5.74, 6) is -0.515. The SMILES string of the molecule is C=CCON=CC[C@@H](C)C(OC(C)=O)[C@@H](C(C)=O)N(C)C. The number of esters is 1. The molecule has 6 heteroatoms. The van der Waals surface area contributed by atoms with Gasteiger partial charge in [0, 0.05) is 19.1 Å². The molecule has 0 aromatic carbocycles. The van der Waals surface area contributed by atoms with Gasteiger partial charge >= 0.3 is 5.97 Å². The van der Waals surface area contributed by atoms with Crippen LogP contribution in [0.4, 0.5) is 0 Å². The van der Waals surface area contributed by atoms with Gasteiger partial charge in [-0.25, -0.2) is 0 Å². The maximum absolute atomic E-state index is 11.8. The average molecular weight is 298 g/mol. The maximum atomic E-state index is 11.8. The lowest BCUT2D eigenvalue weighted by molar-refractivity contribution is -0.154. The van der Waals surface area contributed by atoms with Crippen molar-refractivity contribution in [2.75, 3.05) is 20.7 Å². The van der Waals surface area contributed by atoms with E-state index in [0.29, 0.717) is 13.0 Å². The molecule has 120 valence electrons. The standard InChI is InChI=1S/C15H26N2O4/c1-7-10-20-16-9-8-11(2)15(21-13(4)19)14(12(3)18)17(5)6/h7,9,11,14-15H,1,8,10H2,2-6H3/t11-,14-,15?/m1/s1. The van der Waals surface area contributed by atoms with Crippen LogP contribution in [0.3, 0.4) is 0 Å².